The highest BCUT2D eigenvalue weighted by Gasteiger charge is 2.46. The van der Waals surface area contributed by atoms with Crippen LogP contribution in [0.1, 0.15) is 17.0 Å². The van der Waals surface area contributed by atoms with Crippen LogP contribution in [0.25, 0.3) is 0 Å². The lowest BCUT2D eigenvalue weighted by atomic mass is 10.0. The number of carbonyl (C=O) groups is 1. The first-order valence-electron chi connectivity index (χ1n) is 8.14. The summed E-state index contributed by atoms with van der Waals surface area (Å²) in [6.07, 6.45) is 0. The van der Waals surface area contributed by atoms with Gasteiger partial charge in [0.25, 0.3) is 0 Å². The van der Waals surface area contributed by atoms with Crippen LogP contribution < -0.4 is 4.90 Å². The molecule has 1 aromatic carbocycles. The topological polar surface area (TPSA) is 49.6 Å². The number of rotatable bonds is 3. The number of aryl methyl sites for hydroxylation is 2. The first kappa shape index (κ1) is 14.5. The fourth-order valence-corrected chi connectivity index (χ4v) is 3.87. The van der Waals surface area contributed by atoms with E-state index < -0.39 is 0 Å². The second-order valence-electron chi connectivity index (χ2n) is 6.65. The van der Waals surface area contributed by atoms with E-state index in [1.54, 1.807) is 0 Å². The van der Waals surface area contributed by atoms with Gasteiger partial charge in [0.05, 0.1) is 11.6 Å². The molecule has 2 atom stereocenters. The number of anilines is 1. The van der Waals surface area contributed by atoms with Gasteiger partial charge >= 0.3 is 0 Å². The molecule has 4 rings (SSSR count). The Labute approximate surface area is 135 Å². The van der Waals surface area contributed by atoms with Crippen molar-refractivity contribution >= 4 is 11.6 Å². The molecule has 0 bridgehead atoms. The van der Waals surface area contributed by atoms with Gasteiger partial charge in [0, 0.05) is 43.3 Å². The molecule has 3 heterocycles. The number of benzene rings is 1. The zero-order valence-corrected chi connectivity index (χ0v) is 13.5. The van der Waals surface area contributed by atoms with E-state index >= 15 is 0 Å². The summed E-state index contributed by atoms with van der Waals surface area (Å²) in [4.78, 5) is 17.0. The summed E-state index contributed by atoms with van der Waals surface area (Å²) in [7, 11) is 0. The number of hydrogen-bond donors (Lipinski definition) is 0. The van der Waals surface area contributed by atoms with Crippen LogP contribution in [0.5, 0.6) is 0 Å². The van der Waals surface area contributed by atoms with Gasteiger partial charge in [-0.3, -0.25) is 9.69 Å². The fourth-order valence-electron chi connectivity index (χ4n) is 3.87. The molecule has 1 amide bonds. The van der Waals surface area contributed by atoms with E-state index in [1.165, 1.54) is 0 Å². The predicted octanol–water partition coefficient (Wildman–Crippen LogP) is 2.39. The summed E-state index contributed by atoms with van der Waals surface area (Å²) < 4.78 is 5.24. The fraction of sp³-hybridized carbons (Fsp3) is 0.444. The molecule has 120 valence electrons. The molecule has 2 aliphatic rings. The average Bonchev–Trinajstić information content (AvgIpc) is 3.19. The molecule has 0 unspecified atom stereocenters. The highest BCUT2D eigenvalue weighted by atomic mass is 16.5. The quantitative estimate of drug-likeness (QED) is 0.873. The lowest BCUT2D eigenvalue weighted by Gasteiger charge is -2.21. The third kappa shape index (κ3) is 2.45. The van der Waals surface area contributed by atoms with Crippen molar-refractivity contribution in [3.8, 4) is 0 Å². The minimum atomic E-state index is 0.121. The summed E-state index contributed by atoms with van der Waals surface area (Å²) in [6, 6.07) is 9.98. The highest BCUT2D eigenvalue weighted by molar-refractivity contribution is 5.98. The summed E-state index contributed by atoms with van der Waals surface area (Å²) in [5.41, 5.74) is 3.14. The van der Waals surface area contributed by atoms with E-state index in [2.05, 4.69) is 10.1 Å². The molecule has 0 saturated carbocycles. The Morgan fingerprint density at radius 3 is 2.61 bits per heavy atom. The van der Waals surface area contributed by atoms with Crippen LogP contribution in [-0.2, 0) is 11.3 Å². The Hall–Kier alpha value is -2.14. The third-order valence-corrected chi connectivity index (χ3v) is 5.15. The predicted molar refractivity (Wildman–Crippen MR) is 87.0 cm³/mol. The van der Waals surface area contributed by atoms with E-state index in [0.717, 1.165) is 48.9 Å². The van der Waals surface area contributed by atoms with Crippen LogP contribution in [0, 0.1) is 25.7 Å². The van der Waals surface area contributed by atoms with Crippen molar-refractivity contribution in [3.05, 3.63) is 47.3 Å². The van der Waals surface area contributed by atoms with E-state index in [9.17, 15) is 4.79 Å². The standard InChI is InChI=1S/C18H21N3O2/c1-12-16(13(2)23-19-12)10-20-8-14-9-21(18(22)17(14)11-20)15-6-4-3-5-7-15/h3-7,14,17H,8-11H2,1-2H3/t14-,17+/m0/s1. The second-order valence-corrected chi connectivity index (χ2v) is 6.65. The lowest BCUT2D eigenvalue weighted by Crippen LogP contribution is -2.32. The van der Waals surface area contributed by atoms with Gasteiger partial charge in [-0.15, -0.1) is 0 Å². The molecule has 0 spiro atoms. The number of amides is 1. The summed E-state index contributed by atoms with van der Waals surface area (Å²) in [6.45, 7) is 7.37. The largest absolute Gasteiger partial charge is 0.361 e. The van der Waals surface area contributed by atoms with Crippen LogP contribution >= 0.6 is 0 Å². The van der Waals surface area contributed by atoms with Crippen molar-refractivity contribution in [1.82, 2.24) is 10.1 Å². The minimum absolute atomic E-state index is 0.121. The van der Waals surface area contributed by atoms with Gasteiger partial charge in [-0.25, -0.2) is 0 Å². The molecule has 2 fully saturated rings. The zero-order chi connectivity index (χ0) is 16.0. The van der Waals surface area contributed by atoms with Crippen molar-refractivity contribution in [3.63, 3.8) is 0 Å². The van der Waals surface area contributed by atoms with Crippen molar-refractivity contribution in [2.75, 3.05) is 24.5 Å². The Morgan fingerprint density at radius 1 is 1.17 bits per heavy atom. The average molecular weight is 311 g/mol. The van der Waals surface area contributed by atoms with E-state index in [1.807, 2.05) is 49.1 Å². The second kappa shape index (κ2) is 5.49. The maximum absolute atomic E-state index is 12.7. The van der Waals surface area contributed by atoms with Gasteiger partial charge in [-0.2, -0.15) is 0 Å². The molecule has 23 heavy (non-hydrogen) atoms. The Kier molecular flexibility index (Phi) is 3.45. The minimum Gasteiger partial charge on any atom is -0.361 e. The van der Waals surface area contributed by atoms with Gasteiger partial charge in [0.1, 0.15) is 5.76 Å². The van der Waals surface area contributed by atoms with Gasteiger partial charge < -0.3 is 9.42 Å². The van der Waals surface area contributed by atoms with Gasteiger partial charge in [-0.1, -0.05) is 23.4 Å². The number of nitrogens with zero attached hydrogens (tertiary/aromatic N) is 3. The molecule has 2 aliphatic heterocycles. The zero-order valence-electron chi connectivity index (χ0n) is 13.5. The number of likely N-dealkylation sites (tertiary alicyclic amines) is 1. The summed E-state index contributed by atoms with van der Waals surface area (Å²) in [5.74, 6) is 1.69. The van der Waals surface area contributed by atoms with Crippen LogP contribution in [0.15, 0.2) is 34.9 Å². The summed E-state index contributed by atoms with van der Waals surface area (Å²) in [5, 5.41) is 4.02. The van der Waals surface area contributed by atoms with Crippen LogP contribution in [0.3, 0.4) is 0 Å². The number of aromatic nitrogens is 1. The highest BCUT2D eigenvalue weighted by Crippen LogP contribution is 2.35. The molecule has 0 N–H and O–H groups in total. The molecular weight excluding hydrogens is 290 g/mol. The van der Waals surface area contributed by atoms with Crippen LogP contribution in [-0.4, -0.2) is 35.6 Å². The first-order valence-corrected chi connectivity index (χ1v) is 8.14. The van der Waals surface area contributed by atoms with Gasteiger partial charge in [0.2, 0.25) is 5.91 Å². The molecule has 5 heteroatoms. The van der Waals surface area contributed by atoms with Crippen LogP contribution in [0.4, 0.5) is 5.69 Å². The third-order valence-electron chi connectivity index (χ3n) is 5.15. The molecule has 0 aliphatic carbocycles. The number of fused-ring (bicyclic) bond motifs is 1. The Morgan fingerprint density at radius 2 is 1.96 bits per heavy atom. The SMILES string of the molecule is Cc1noc(C)c1CN1C[C@H]2CN(c3ccccc3)C(=O)[C@@H]2C1. The number of hydrogen-bond acceptors (Lipinski definition) is 4. The van der Waals surface area contributed by atoms with Crippen molar-refractivity contribution in [1.29, 1.82) is 0 Å². The number of para-hydroxylation sites is 1. The molecule has 1 aromatic heterocycles. The molecule has 0 radical (unpaired) electrons. The molecule has 5 nitrogen and oxygen atoms in total. The molecule has 2 saturated heterocycles. The van der Waals surface area contributed by atoms with Gasteiger partial charge in [0.15, 0.2) is 0 Å². The molecular formula is C18H21N3O2. The molecule has 2 aromatic rings. The van der Waals surface area contributed by atoms with E-state index in [-0.39, 0.29) is 11.8 Å². The summed E-state index contributed by atoms with van der Waals surface area (Å²) >= 11 is 0. The van der Waals surface area contributed by atoms with E-state index in [0.29, 0.717) is 5.92 Å². The Balaban J connectivity index is 1.46. The maximum Gasteiger partial charge on any atom is 0.231 e. The van der Waals surface area contributed by atoms with Crippen molar-refractivity contribution in [2.24, 2.45) is 11.8 Å². The number of carbonyl (C=O) groups excluding carboxylic acids is 1. The maximum atomic E-state index is 12.7. The van der Waals surface area contributed by atoms with Gasteiger partial charge in [-0.05, 0) is 26.0 Å². The lowest BCUT2D eigenvalue weighted by molar-refractivity contribution is -0.120. The van der Waals surface area contributed by atoms with Crippen LogP contribution in [0.2, 0.25) is 0 Å². The first-order chi connectivity index (χ1) is 11.1. The Bertz CT molecular complexity index is 706. The van der Waals surface area contributed by atoms with Crippen molar-refractivity contribution < 1.29 is 9.32 Å². The smallest absolute Gasteiger partial charge is 0.231 e. The normalized spacial score (nSPS) is 24.4. The monoisotopic (exact) mass is 311 g/mol. The van der Waals surface area contributed by atoms with Crippen molar-refractivity contribution in [2.45, 2.75) is 20.4 Å². The van der Waals surface area contributed by atoms with E-state index in [4.69, 9.17) is 4.52 Å².